The molecule has 17 heavy (non-hydrogen) atoms. The number of carboxylic acids is 1. The van der Waals surface area contributed by atoms with Gasteiger partial charge >= 0.3 is 5.97 Å². The minimum absolute atomic E-state index is 0.174. The highest BCUT2D eigenvalue weighted by Crippen LogP contribution is 2.20. The standard InChI is InChI=1S/C13H16N2O2/c1-3-12-10-8-9(5-7-13(16)17)4-6-11(10)14-15(12)2/h4,6,8H,3,5,7H2,1-2H3,(H,16,17). The van der Waals surface area contributed by atoms with Crippen molar-refractivity contribution in [2.45, 2.75) is 26.2 Å². The zero-order valence-electron chi connectivity index (χ0n) is 10.1. The summed E-state index contributed by atoms with van der Waals surface area (Å²) >= 11 is 0. The van der Waals surface area contributed by atoms with E-state index < -0.39 is 5.97 Å². The number of hydrogen-bond acceptors (Lipinski definition) is 2. The Labute approximate surface area is 99.9 Å². The third-order valence-electron chi connectivity index (χ3n) is 2.98. The maximum Gasteiger partial charge on any atom is 0.303 e. The molecule has 4 heteroatoms. The number of aryl methyl sites for hydroxylation is 3. The van der Waals surface area contributed by atoms with Gasteiger partial charge in [-0.2, -0.15) is 5.10 Å². The number of rotatable bonds is 4. The van der Waals surface area contributed by atoms with Gasteiger partial charge < -0.3 is 5.11 Å². The molecule has 4 nitrogen and oxygen atoms in total. The number of fused-ring (bicyclic) bond motifs is 1. The Balaban J connectivity index is 2.38. The number of carbonyl (C=O) groups is 1. The fourth-order valence-electron chi connectivity index (χ4n) is 2.12. The molecule has 0 aliphatic heterocycles. The Morgan fingerprint density at radius 1 is 1.47 bits per heavy atom. The Hall–Kier alpha value is -1.84. The maximum absolute atomic E-state index is 10.5. The summed E-state index contributed by atoms with van der Waals surface area (Å²) in [4.78, 5) is 10.5. The molecule has 1 aromatic heterocycles. The van der Waals surface area contributed by atoms with Gasteiger partial charge in [0.25, 0.3) is 0 Å². The van der Waals surface area contributed by atoms with Gasteiger partial charge in [-0.25, -0.2) is 0 Å². The van der Waals surface area contributed by atoms with E-state index in [-0.39, 0.29) is 6.42 Å². The molecule has 1 N–H and O–H groups in total. The molecule has 0 aliphatic rings. The van der Waals surface area contributed by atoms with E-state index in [0.717, 1.165) is 22.9 Å². The summed E-state index contributed by atoms with van der Waals surface area (Å²) in [6, 6.07) is 5.98. The molecule has 1 aromatic carbocycles. The van der Waals surface area contributed by atoms with Crippen LogP contribution in [0.15, 0.2) is 18.2 Å². The van der Waals surface area contributed by atoms with Gasteiger partial charge in [0, 0.05) is 24.5 Å². The molecule has 2 aromatic rings. The Kier molecular flexibility index (Phi) is 3.13. The summed E-state index contributed by atoms with van der Waals surface area (Å²) in [5.74, 6) is -0.757. The average molecular weight is 232 g/mol. The number of carboxylic acid groups (broad SMARTS) is 1. The van der Waals surface area contributed by atoms with Crippen LogP contribution < -0.4 is 0 Å². The average Bonchev–Trinajstić information content (AvgIpc) is 2.61. The van der Waals surface area contributed by atoms with E-state index in [0.29, 0.717) is 6.42 Å². The lowest BCUT2D eigenvalue weighted by Gasteiger charge is -2.00. The molecular weight excluding hydrogens is 216 g/mol. The van der Waals surface area contributed by atoms with Gasteiger partial charge in [-0.15, -0.1) is 0 Å². The molecule has 0 atom stereocenters. The maximum atomic E-state index is 10.5. The zero-order valence-corrected chi connectivity index (χ0v) is 10.1. The SMILES string of the molecule is CCc1c2cc(CCC(=O)O)ccc2nn1C. The molecule has 0 fully saturated rings. The Morgan fingerprint density at radius 2 is 2.24 bits per heavy atom. The number of aliphatic carboxylic acids is 1. The third-order valence-corrected chi connectivity index (χ3v) is 2.98. The van der Waals surface area contributed by atoms with Gasteiger partial charge in [0.15, 0.2) is 0 Å². The molecule has 0 amide bonds. The van der Waals surface area contributed by atoms with Gasteiger partial charge in [-0.1, -0.05) is 13.0 Å². The molecule has 0 saturated heterocycles. The fourth-order valence-corrected chi connectivity index (χ4v) is 2.12. The summed E-state index contributed by atoms with van der Waals surface area (Å²) in [6.07, 6.45) is 1.67. The van der Waals surface area contributed by atoms with Crippen LogP contribution in [-0.4, -0.2) is 20.9 Å². The summed E-state index contributed by atoms with van der Waals surface area (Å²) < 4.78 is 1.89. The van der Waals surface area contributed by atoms with Crippen molar-refractivity contribution in [3.63, 3.8) is 0 Å². The van der Waals surface area contributed by atoms with Crippen LogP contribution >= 0.6 is 0 Å². The third kappa shape index (κ3) is 2.30. The molecule has 90 valence electrons. The van der Waals surface area contributed by atoms with E-state index >= 15 is 0 Å². The molecule has 0 bridgehead atoms. The topological polar surface area (TPSA) is 55.1 Å². The number of hydrogen-bond donors (Lipinski definition) is 1. The van der Waals surface area contributed by atoms with Crippen molar-refractivity contribution >= 4 is 16.9 Å². The van der Waals surface area contributed by atoms with Crippen molar-refractivity contribution in [1.29, 1.82) is 0 Å². The first-order chi connectivity index (χ1) is 8.11. The first-order valence-corrected chi connectivity index (χ1v) is 5.78. The predicted molar refractivity (Wildman–Crippen MR) is 66.0 cm³/mol. The fraction of sp³-hybridized carbons (Fsp3) is 0.385. The zero-order chi connectivity index (χ0) is 12.4. The summed E-state index contributed by atoms with van der Waals surface area (Å²) in [5, 5.41) is 14.2. The van der Waals surface area contributed by atoms with Gasteiger partial charge in [0.1, 0.15) is 0 Å². The number of aromatic nitrogens is 2. The van der Waals surface area contributed by atoms with Crippen LogP contribution in [0.3, 0.4) is 0 Å². The van der Waals surface area contributed by atoms with Crippen molar-refractivity contribution in [1.82, 2.24) is 9.78 Å². The minimum atomic E-state index is -0.757. The summed E-state index contributed by atoms with van der Waals surface area (Å²) in [7, 11) is 1.94. The Bertz CT molecular complexity index is 558. The second kappa shape index (κ2) is 4.57. The van der Waals surface area contributed by atoms with Crippen LogP contribution in [0.2, 0.25) is 0 Å². The quantitative estimate of drug-likeness (QED) is 0.878. The molecular formula is C13H16N2O2. The molecule has 2 rings (SSSR count). The number of benzene rings is 1. The highest BCUT2D eigenvalue weighted by Gasteiger charge is 2.08. The van der Waals surface area contributed by atoms with Crippen molar-refractivity contribution in [3.05, 3.63) is 29.5 Å². The van der Waals surface area contributed by atoms with E-state index in [4.69, 9.17) is 5.11 Å². The first-order valence-electron chi connectivity index (χ1n) is 5.78. The van der Waals surface area contributed by atoms with Crippen molar-refractivity contribution < 1.29 is 9.90 Å². The van der Waals surface area contributed by atoms with Crippen LogP contribution in [-0.2, 0) is 24.7 Å². The lowest BCUT2D eigenvalue weighted by Crippen LogP contribution is -1.97. The van der Waals surface area contributed by atoms with E-state index in [1.165, 1.54) is 5.69 Å². The molecule has 0 unspecified atom stereocenters. The molecule has 0 radical (unpaired) electrons. The normalized spacial score (nSPS) is 10.9. The van der Waals surface area contributed by atoms with Gasteiger partial charge in [-0.05, 0) is 30.5 Å². The second-order valence-corrected chi connectivity index (χ2v) is 4.17. The molecule has 1 heterocycles. The lowest BCUT2D eigenvalue weighted by atomic mass is 10.1. The van der Waals surface area contributed by atoms with Crippen molar-refractivity contribution in [3.8, 4) is 0 Å². The van der Waals surface area contributed by atoms with E-state index in [1.807, 2.05) is 23.9 Å². The van der Waals surface area contributed by atoms with Gasteiger partial charge in [0.2, 0.25) is 0 Å². The van der Waals surface area contributed by atoms with E-state index in [9.17, 15) is 4.79 Å². The molecule has 0 aliphatic carbocycles. The first kappa shape index (κ1) is 11.6. The predicted octanol–water partition coefficient (Wildman–Crippen LogP) is 2.15. The smallest absolute Gasteiger partial charge is 0.303 e. The largest absolute Gasteiger partial charge is 0.481 e. The minimum Gasteiger partial charge on any atom is -0.481 e. The van der Waals surface area contributed by atoms with Crippen LogP contribution in [0, 0.1) is 0 Å². The van der Waals surface area contributed by atoms with E-state index in [1.54, 1.807) is 0 Å². The van der Waals surface area contributed by atoms with E-state index in [2.05, 4.69) is 18.1 Å². The highest BCUT2D eigenvalue weighted by molar-refractivity contribution is 5.82. The molecule has 0 spiro atoms. The van der Waals surface area contributed by atoms with Crippen LogP contribution in [0.5, 0.6) is 0 Å². The second-order valence-electron chi connectivity index (χ2n) is 4.17. The van der Waals surface area contributed by atoms with Gasteiger partial charge in [-0.3, -0.25) is 9.48 Å². The number of nitrogens with zero attached hydrogens (tertiary/aromatic N) is 2. The van der Waals surface area contributed by atoms with Gasteiger partial charge in [0.05, 0.1) is 5.52 Å². The van der Waals surface area contributed by atoms with Crippen LogP contribution in [0.1, 0.15) is 24.6 Å². The van der Waals surface area contributed by atoms with Crippen LogP contribution in [0.25, 0.3) is 10.9 Å². The van der Waals surface area contributed by atoms with Crippen LogP contribution in [0.4, 0.5) is 0 Å². The molecule has 0 saturated carbocycles. The van der Waals surface area contributed by atoms with Crippen molar-refractivity contribution in [2.24, 2.45) is 7.05 Å². The summed E-state index contributed by atoms with van der Waals surface area (Å²) in [5.41, 5.74) is 3.23. The monoisotopic (exact) mass is 232 g/mol. The Morgan fingerprint density at radius 3 is 2.88 bits per heavy atom. The summed E-state index contributed by atoms with van der Waals surface area (Å²) in [6.45, 7) is 2.10. The highest BCUT2D eigenvalue weighted by atomic mass is 16.4. The lowest BCUT2D eigenvalue weighted by molar-refractivity contribution is -0.136. The van der Waals surface area contributed by atoms with Crippen molar-refractivity contribution in [2.75, 3.05) is 0 Å².